The molecule has 2 saturated carbocycles. The van der Waals surface area contributed by atoms with Crippen LogP contribution < -0.4 is 0 Å². The molecule has 0 aromatic rings. The van der Waals surface area contributed by atoms with Gasteiger partial charge in [0.2, 0.25) is 0 Å². The van der Waals surface area contributed by atoms with Crippen molar-refractivity contribution in [3.63, 3.8) is 0 Å². The summed E-state index contributed by atoms with van der Waals surface area (Å²) in [5, 5.41) is 0. The van der Waals surface area contributed by atoms with Crippen molar-refractivity contribution in [3.05, 3.63) is 11.8 Å². The lowest BCUT2D eigenvalue weighted by Crippen LogP contribution is -2.27. The SMILES string of the molecule is C1=C(N2CCCC2)[C@H]2C[C@H]1[C@H]1CCC[C@H]12. The van der Waals surface area contributed by atoms with E-state index in [0.29, 0.717) is 0 Å². The second kappa shape index (κ2) is 3.02. The van der Waals surface area contributed by atoms with Crippen LogP contribution in [0.15, 0.2) is 11.8 Å². The van der Waals surface area contributed by atoms with E-state index in [9.17, 15) is 0 Å². The third kappa shape index (κ3) is 1.10. The molecule has 0 N–H and O–H groups in total. The van der Waals surface area contributed by atoms with Crippen molar-refractivity contribution in [2.45, 2.75) is 38.5 Å². The maximum Gasteiger partial charge on any atom is 0.0175 e. The Hall–Kier alpha value is -0.460. The maximum atomic E-state index is 2.71. The van der Waals surface area contributed by atoms with Crippen molar-refractivity contribution in [1.82, 2.24) is 4.90 Å². The van der Waals surface area contributed by atoms with Gasteiger partial charge in [0.15, 0.2) is 0 Å². The van der Waals surface area contributed by atoms with Crippen LogP contribution in [-0.4, -0.2) is 18.0 Å². The first-order valence-corrected chi connectivity index (χ1v) is 6.90. The average Bonchev–Trinajstić information content (AvgIpc) is 3.02. The third-order valence-electron chi connectivity index (χ3n) is 5.45. The van der Waals surface area contributed by atoms with Gasteiger partial charge in [-0.15, -0.1) is 0 Å². The van der Waals surface area contributed by atoms with E-state index in [0.717, 1.165) is 23.7 Å². The lowest BCUT2D eigenvalue weighted by Gasteiger charge is -2.31. The maximum absolute atomic E-state index is 2.71. The Morgan fingerprint density at radius 2 is 1.80 bits per heavy atom. The molecule has 1 aliphatic heterocycles. The zero-order valence-electron chi connectivity index (χ0n) is 9.49. The molecular formula is C14H21N. The highest BCUT2D eigenvalue weighted by Gasteiger charge is 2.50. The highest BCUT2D eigenvalue weighted by Crippen LogP contribution is 2.58. The number of allylic oxidation sites excluding steroid dienone is 2. The number of nitrogens with zero attached hydrogens (tertiary/aromatic N) is 1. The van der Waals surface area contributed by atoms with E-state index >= 15 is 0 Å². The van der Waals surface area contributed by atoms with E-state index in [4.69, 9.17) is 0 Å². The van der Waals surface area contributed by atoms with Gasteiger partial charge in [-0.3, -0.25) is 0 Å². The van der Waals surface area contributed by atoms with Gasteiger partial charge in [-0.25, -0.2) is 0 Å². The summed E-state index contributed by atoms with van der Waals surface area (Å²) in [6.45, 7) is 2.71. The molecule has 0 aromatic carbocycles. The Kier molecular flexibility index (Phi) is 1.75. The number of hydrogen-bond acceptors (Lipinski definition) is 1. The van der Waals surface area contributed by atoms with Crippen molar-refractivity contribution < 1.29 is 0 Å². The molecule has 1 nitrogen and oxygen atoms in total. The molecule has 4 rings (SSSR count). The van der Waals surface area contributed by atoms with Gasteiger partial charge in [0.1, 0.15) is 0 Å². The minimum absolute atomic E-state index is 0.984. The topological polar surface area (TPSA) is 3.24 Å². The normalized spacial score (nSPS) is 47.5. The molecule has 2 bridgehead atoms. The molecule has 4 atom stereocenters. The fourth-order valence-electron chi connectivity index (χ4n) is 4.88. The van der Waals surface area contributed by atoms with Crippen LogP contribution in [0.4, 0.5) is 0 Å². The van der Waals surface area contributed by atoms with Gasteiger partial charge in [0.25, 0.3) is 0 Å². The quantitative estimate of drug-likeness (QED) is 0.633. The van der Waals surface area contributed by atoms with Gasteiger partial charge in [-0.2, -0.15) is 0 Å². The summed E-state index contributed by atoms with van der Waals surface area (Å²) in [5.41, 5.74) is 1.78. The van der Waals surface area contributed by atoms with Crippen molar-refractivity contribution >= 4 is 0 Å². The Morgan fingerprint density at radius 1 is 1.00 bits per heavy atom. The molecule has 0 radical (unpaired) electrons. The van der Waals surface area contributed by atoms with Crippen LogP contribution in [-0.2, 0) is 0 Å². The summed E-state index contributed by atoms with van der Waals surface area (Å²) in [6, 6.07) is 0. The van der Waals surface area contributed by atoms with Gasteiger partial charge in [0.05, 0.1) is 0 Å². The highest BCUT2D eigenvalue weighted by molar-refractivity contribution is 5.24. The van der Waals surface area contributed by atoms with Crippen LogP contribution in [0.5, 0.6) is 0 Å². The fourth-order valence-corrected chi connectivity index (χ4v) is 4.88. The minimum Gasteiger partial charge on any atom is -0.375 e. The van der Waals surface area contributed by atoms with Crippen LogP contribution in [0, 0.1) is 23.7 Å². The van der Waals surface area contributed by atoms with Crippen LogP contribution in [0.3, 0.4) is 0 Å². The molecule has 3 fully saturated rings. The molecule has 4 aliphatic rings. The second-order valence-electron chi connectivity index (χ2n) is 6.05. The zero-order valence-corrected chi connectivity index (χ0v) is 9.49. The zero-order chi connectivity index (χ0) is 9.83. The molecular weight excluding hydrogens is 182 g/mol. The first-order chi connectivity index (χ1) is 7.43. The van der Waals surface area contributed by atoms with E-state index < -0.39 is 0 Å². The van der Waals surface area contributed by atoms with E-state index in [2.05, 4.69) is 11.0 Å². The van der Waals surface area contributed by atoms with E-state index in [1.165, 1.54) is 51.6 Å². The first-order valence-electron chi connectivity index (χ1n) is 6.90. The predicted molar refractivity (Wildman–Crippen MR) is 61.3 cm³/mol. The average molecular weight is 203 g/mol. The van der Waals surface area contributed by atoms with Crippen LogP contribution >= 0.6 is 0 Å². The smallest absolute Gasteiger partial charge is 0.0175 e. The molecule has 1 heterocycles. The van der Waals surface area contributed by atoms with E-state index in [1.807, 2.05) is 0 Å². The van der Waals surface area contributed by atoms with Crippen molar-refractivity contribution in [2.24, 2.45) is 23.7 Å². The summed E-state index contributed by atoms with van der Waals surface area (Å²) >= 11 is 0. The highest BCUT2D eigenvalue weighted by atomic mass is 15.2. The largest absolute Gasteiger partial charge is 0.375 e. The monoisotopic (exact) mass is 203 g/mol. The lowest BCUT2D eigenvalue weighted by molar-refractivity contribution is 0.286. The Morgan fingerprint density at radius 3 is 2.67 bits per heavy atom. The van der Waals surface area contributed by atoms with Crippen molar-refractivity contribution in [2.75, 3.05) is 13.1 Å². The van der Waals surface area contributed by atoms with Crippen molar-refractivity contribution in [1.29, 1.82) is 0 Å². The Bertz CT molecular complexity index is 300. The molecule has 15 heavy (non-hydrogen) atoms. The van der Waals surface area contributed by atoms with Crippen LogP contribution in [0.2, 0.25) is 0 Å². The van der Waals surface area contributed by atoms with Crippen LogP contribution in [0.25, 0.3) is 0 Å². The number of hydrogen-bond donors (Lipinski definition) is 0. The number of fused-ring (bicyclic) bond motifs is 5. The minimum atomic E-state index is 0.984. The van der Waals surface area contributed by atoms with Gasteiger partial charge < -0.3 is 4.90 Å². The molecule has 0 amide bonds. The summed E-state index contributed by atoms with van der Waals surface area (Å²) in [7, 11) is 0. The second-order valence-corrected chi connectivity index (χ2v) is 6.05. The Balaban J connectivity index is 1.62. The predicted octanol–water partition coefficient (Wildman–Crippen LogP) is 3.03. The molecule has 0 aromatic heterocycles. The molecule has 82 valence electrons. The molecule has 0 unspecified atom stereocenters. The van der Waals surface area contributed by atoms with Gasteiger partial charge in [0, 0.05) is 24.7 Å². The van der Waals surface area contributed by atoms with Gasteiger partial charge in [-0.1, -0.05) is 12.5 Å². The van der Waals surface area contributed by atoms with Gasteiger partial charge in [-0.05, 0) is 49.9 Å². The first kappa shape index (κ1) is 8.66. The lowest BCUT2D eigenvalue weighted by atomic mass is 9.84. The van der Waals surface area contributed by atoms with Crippen LogP contribution in [0.1, 0.15) is 38.5 Å². The summed E-state index contributed by atoms with van der Waals surface area (Å²) in [5.74, 6) is 4.16. The van der Waals surface area contributed by atoms with E-state index in [-0.39, 0.29) is 0 Å². The van der Waals surface area contributed by atoms with Crippen molar-refractivity contribution in [3.8, 4) is 0 Å². The molecule has 1 saturated heterocycles. The number of likely N-dealkylation sites (tertiary alicyclic amines) is 1. The summed E-state index contributed by atoms with van der Waals surface area (Å²) in [4.78, 5) is 2.71. The molecule has 0 spiro atoms. The fraction of sp³-hybridized carbons (Fsp3) is 0.857. The summed E-state index contributed by atoms with van der Waals surface area (Å²) in [6.07, 6.45) is 11.6. The number of rotatable bonds is 1. The summed E-state index contributed by atoms with van der Waals surface area (Å²) < 4.78 is 0. The third-order valence-corrected chi connectivity index (χ3v) is 5.45. The Labute approximate surface area is 92.5 Å². The molecule has 3 aliphatic carbocycles. The van der Waals surface area contributed by atoms with Gasteiger partial charge >= 0.3 is 0 Å². The standard InChI is InChI=1S/C14H21N/c1-2-7-15(6-1)14-9-10-8-13(14)12-5-3-4-11(10)12/h9-13H,1-8H2/t10-,11-,12-,13+/m1/s1. The molecule has 1 heteroatoms. The van der Waals surface area contributed by atoms with E-state index in [1.54, 1.807) is 5.70 Å².